The maximum Gasteiger partial charge on any atom is 0.294 e. The zero-order valence-corrected chi connectivity index (χ0v) is 17.3. The summed E-state index contributed by atoms with van der Waals surface area (Å²) in [5.41, 5.74) is 0.0719. The van der Waals surface area contributed by atoms with E-state index in [0.29, 0.717) is 31.9 Å². The molecule has 0 radical (unpaired) electrons. The van der Waals surface area contributed by atoms with E-state index in [9.17, 15) is 18.8 Å². The van der Waals surface area contributed by atoms with Gasteiger partial charge in [0.25, 0.3) is 17.6 Å². The van der Waals surface area contributed by atoms with Gasteiger partial charge in [-0.1, -0.05) is 0 Å². The Hall–Kier alpha value is -3.22. The summed E-state index contributed by atoms with van der Waals surface area (Å²) in [6.45, 7) is 2.80. The number of aromatic nitrogens is 1. The maximum atomic E-state index is 13.5. The lowest BCUT2D eigenvalue weighted by Gasteiger charge is -2.38. The summed E-state index contributed by atoms with van der Waals surface area (Å²) >= 11 is 6.38. The number of halogens is 2. The van der Waals surface area contributed by atoms with Gasteiger partial charge < -0.3 is 19.9 Å². The molecule has 1 fully saturated rings. The minimum atomic E-state index is -0.784. The number of nitrogens with zero attached hydrogens (tertiary/aromatic N) is 2. The Morgan fingerprint density at radius 2 is 2.06 bits per heavy atom. The molecule has 2 aliphatic rings. The van der Waals surface area contributed by atoms with E-state index in [0.717, 1.165) is 6.07 Å². The van der Waals surface area contributed by atoms with E-state index in [1.807, 2.05) is 0 Å². The summed E-state index contributed by atoms with van der Waals surface area (Å²) < 4.78 is 20.2. The number of rotatable bonds is 5. The highest BCUT2D eigenvalue weighted by molar-refractivity contribution is 6.42. The number of hydrogen-bond donors (Lipinski definition) is 2. The van der Waals surface area contributed by atoms with Crippen LogP contribution in [0.5, 0.6) is 0 Å². The molecule has 1 aromatic heterocycles. The SMILES string of the molecule is CC1(NC(=O)C(=O)c2cc(C(=O)Nc3ccc(F)c(C#N)c3)c3n2CCC3Cl)COC1. The molecule has 8 nitrogen and oxygen atoms in total. The van der Waals surface area contributed by atoms with E-state index in [1.165, 1.54) is 18.2 Å². The highest BCUT2D eigenvalue weighted by Crippen LogP contribution is 2.37. The van der Waals surface area contributed by atoms with Crippen molar-refractivity contribution in [2.45, 2.75) is 30.8 Å². The van der Waals surface area contributed by atoms with E-state index >= 15 is 0 Å². The van der Waals surface area contributed by atoms with Crippen molar-refractivity contribution in [2.24, 2.45) is 0 Å². The lowest BCUT2D eigenvalue weighted by atomic mass is 10.0. The van der Waals surface area contributed by atoms with Crippen molar-refractivity contribution in [3.05, 3.63) is 52.6 Å². The molecule has 2 aromatic rings. The maximum absolute atomic E-state index is 13.5. The van der Waals surface area contributed by atoms with E-state index in [4.69, 9.17) is 21.6 Å². The Labute approximate surface area is 181 Å². The summed E-state index contributed by atoms with van der Waals surface area (Å²) in [6, 6.07) is 6.66. The Morgan fingerprint density at radius 1 is 1.32 bits per heavy atom. The van der Waals surface area contributed by atoms with Gasteiger partial charge in [-0.15, -0.1) is 11.6 Å². The number of nitrogens with one attached hydrogen (secondary N) is 2. The van der Waals surface area contributed by atoms with E-state index < -0.39 is 34.3 Å². The molecule has 1 saturated heterocycles. The van der Waals surface area contributed by atoms with E-state index in [2.05, 4.69) is 10.6 Å². The van der Waals surface area contributed by atoms with Crippen molar-refractivity contribution >= 4 is 34.9 Å². The fourth-order valence-electron chi connectivity index (χ4n) is 3.71. The van der Waals surface area contributed by atoms with Gasteiger partial charge in [0.1, 0.15) is 11.9 Å². The summed E-state index contributed by atoms with van der Waals surface area (Å²) in [5.74, 6) is -2.83. The normalized spacial score (nSPS) is 18.5. The van der Waals surface area contributed by atoms with Crippen LogP contribution in [0.15, 0.2) is 24.3 Å². The second kappa shape index (κ2) is 7.80. The number of ether oxygens (including phenoxy) is 1. The van der Waals surface area contributed by atoms with Crippen LogP contribution in [0.1, 0.15) is 50.8 Å². The third kappa shape index (κ3) is 3.80. The van der Waals surface area contributed by atoms with Crippen molar-refractivity contribution in [3.63, 3.8) is 0 Å². The molecular weight excluding hydrogens is 427 g/mol. The second-order valence-electron chi connectivity index (χ2n) is 7.83. The molecule has 2 N–H and O–H groups in total. The number of benzene rings is 1. The van der Waals surface area contributed by atoms with Gasteiger partial charge in [0.15, 0.2) is 0 Å². The van der Waals surface area contributed by atoms with Gasteiger partial charge in [-0.2, -0.15) is 5.26 Å². The van der Waals surface area contributed by atoms with Crippen LogP contribution in [0.2, 0.25) is 0 Å². The van der Waals surface area contributed by atoms with Crippen LogP contribution in [0.4, 0.5) is 10.1 Å². The summed E-state index contributed by atoms with van der Waals surface area (Å²) in [6.07, 6.45) is 0.501. The number of nitriles is 1. The van der Waals surface area contributed by atoms with Crippen molar-refractivity contribution in [1.82, 2.24) is 9.88 Å². The molecule has 2 amide bonds. The molecule has 0 bridgehead atoms. The first-order valence-electron chi connectivity index (χ1n) is 9.55. The largest absolute Gasteiger partial charge is 0.376 e. The molecule has 0 saturated carbocycles. The topological polar surface area (TPSA) is 113 Å². The Balaban J connectivity index is 1.62. The van der Waals surface area contributed by atoms with Gasteiger partial charge in [-0.3, -0.25) is 14.4 Å². The van der Waals surface area contributed by atoms with Gasteiger partial charge in [-0.25, -0.2) is 4.39 Å². The molecule has 0 spiro atoms. The minimum Gasteiger partial charge on any atom is -0.376 e. The first-order chi connectivity index (χ1) is 14.7. The lowest BCUT2D eigenvalue weighted by Crippen LogP contribution is -2.61. The number of fused-ring (bicyclic) bond motifs is 1. The first-order valence-corrected chi connectivity index (χ1v) is 9.99. The summed E-state index contributed by atoms with van der Waals surface area (Å²) in [4.78, 5) is 38.2. The molecule has 3 heterocycles. The van der Waals surface area contributed by atoms with Crippen LogP contribution in [0.3, 0.4) is 0 Å². The van der Waals surface area contributed by atoms with Crippen LogP contribution in [0.25, 0.3) is 0 Å². The molecule has 0 aliphatic carbocycles. The summed E-state index contributed by atoms with van der Waals surface area (Å²) in [7, 11) is 0. The molecule has 4 rings (SSSR count). The van der Waals surface area contributed by atoms with Gasteiger partial charge >= 0.3 is 0 Å². The fourth-order valence-corrected chi connectivity index (χ4v) is 4.04. The number of anilines is 1. The quantitative estimate of drug-likeness (QED) is 0.418. The van der Waals surface area contributed by atoms with Gasteiger partial charge in [0.2, 0.25) is 0 Å². The second-order valence-corrected chi connectivity index (χ2v) is 8.36. The van der Waals surface area contributed by atoms with E-state index in [1.54, 1.807) is 17.6 Å². The lowest BCUT2D eigenvalue weighted by molar-refractivity contribution is -0.126. The monoisotopic (exact) mass is 444 g/mol. The average molecular weight is 445 g/mol. The van der Waals surface area contributed by atoms with Crippen LogP contribution in [-0.4, -0.2) is 40.9 Å². The number of amides is 2. The number of alkyl halides is 1. The predicted octanol–water partition coefficient (Wildman–Crippen LogP) is 2.52. The van der Waals surface area contributed by atoms with Crippen LogP contribution in [-0.2, 0) is 16.1 Å². The molecule has 1 aromatic carbocycles. The van der Waals surface area contributed by atoms with Crippen LogP contribution < -0.4 is 10.6 Å². The zero-order valence-electron chi connectivity index (χ0n) is 16.5. The van der Waals surface area contributed by atoms with Gasteiger partial charge in [0, 0.05) is 17.9 Å². The van der Waals surface area contributed by atoms with Crippen LogP contribution in [0, 0.1) is 17.1 Å². The minimum absolute atomic E-state index is 0.0708. The van der Waals surface area contributed by atoms with Gasteiger partial charge in [0.05, 0.1) is 41.0 Å². The Bertz CT molecular complexity index is 1150. The molecule has 1 atom stereocenters. The number of Topliss-reactive ketones (excluding diaryl/α,β-unsaturated/α-hetero) is 1. The summed E-state index contributed by atoms with van der Waals surface area (Å²) in [5, 5.41) is 13.7. The first kappa shape index (κ1) is 21.0. The number of carbonyl (C=O) groups is 3. The zero-order chi connectivity index (χ0) is 22.3. The smallest absolute Gasteiger partial charge is 0.294 e. The molecule has 31 heavy (non-hydrogen) atoms. The fraction of sp³-hybridized carbons (Fsp3) is 0.333. The average Bonchev–Trinajstić information content (AvgIpc) is 3.28. The van der Waals surface area contributed by atoms with Crippen molar-refractivity contribution in [2.75, 3.05) is 18.5 Å². The number of hydrogen-bond acceptors (Lipinski definition) is 5. The van der Waals surface area contributed by atoms with Crippen molar-refractivity contribution in [3.8, 4) is 6.07 Å². The predicted molar refractivity (Wildman–Crippen MR) is 108 cm³/mol. The molecular formula is C21H18ClFN4O4. The third-order valence-electron chi connectivity index (χ3n) is 5.33. The Kier molecular flexibility index (Phi) is 5.29. The molecule has 2 aliphatic heterocycles. The molecule has 10 heteroatoms. The van der Waals surface area contributed by atoms with Crippen molar-refractivity contribution < 1.29 is 23.5 Å². The molecule has 160 valence electrons. The Morgan fingerprint density at radius 3 is 2.71 bits per heavy atom. The number of carbonyl (C=O) groups excluding carboxylic acids is 3. The highest BCUT2D eigenvalue weighted by Gasteiger charge is 2.39. The third-order valence-corrected chi connectivity index (χ3v) is 5.75. The van der Waals surface area contributed by atoms with Crippen LogP contribution >= 0.6 is 11.6 Å². The van der Waals surface area contributed by atoms with Gasteiger partial charge in [-0.05, 0) is 37.6 Å². The standard InChI is InChI=1S/C21H18ClFN4O4/c1-21(9-31-10-21)26-20(30)18(28)16-7-13(17-14(22)4-5-27(16)17)19(29)25-12-2-3-15(23)11(6-12)8-24/h2-3,6-7,14H,4-5,9-10H2,1H3,(H,25,29)(H,26,30). The molecule has 1 unspecified atom stereocenters. The van der Waals surface area contributed by atoms with E-state index in [-0.39, 0.29) is 22.5 Å². The number of ketones is 1. The van der Waals surface area contributed by atoms with Crippen molar-refractivity contribution in [1.29, 1.82) is 5.26 Å². The highest BCUT2D eigenvalue weighted by atomic mass is 35.5.